The summed E-state index contributed by atoms with van der Waals surface area (Å²) in [5.74, 6) is 3.19. The minimum atomic E-state index is -0.258. The van der Waals surface area contributed by atoms with Gasteiger partial charge in [-0.05, 0) is 61.2 Å². The second-order valence-corrected chi connectivity index (χ2v) is 7.13. The normalized spacial score (nSPS) is 13.3. The van der Waals surface area contributed by atoms with Crippen LogP contribution in [0.2, 0.25) is 0 Å². The van der Waals surface area contributed by atoms with E-state index >= 15 is 0 Å². The Hall–Kier alpha value is -1.65. The van der Waals surface area contributed by atoms with E-state index in [4.69, 9.17) is 14.2 Å². The van der Waals surface area contributed by atoms with Crippen molar-refractivity contribution >= 4 is 11.8 Å². The lowest BCUT2D eigenvalue weighted by molar-refractivity contribution is -0.0602. The fraction of sp³-hybridized carbons (Fsp3) is 0.429. The maximum atomic E-state index is 5.82. The Labute approximate surface area is 155 Å². The molecule has 2 rings (SSSR count). The maximum absolute atomic E-state index is 5.82. The predicted molar refractivity (Wildman–Crippen MR) is 105 cm³/mol. The van der Waals surface area contributed by atoms with Crippen LogP contribution in [0, 0.1) is 0 Å². The van der Waals surface area contributed by atoms with Crippen LogP contribution in [0.25, 0.3) is 0 Å². The molecular weight excluding hydrogens is 332 g/mol. The molecule has 4 heteroatoms. The lowest BCUT2D eigenvalue weighted by Crippen LogP contribution is -2.17. The van der Waals surface area contributed by atoms with E-state index in [1.165, 1.54) is 10.5 Å². The van der Waals surface area contributed by atoms with Gasteiger partial charge in [-0.25, -0.2) is 0 Å². The van der Waals surface area contributed by atoms with Crippen molar-refractivity contribution in [3.05, 3.63) is 54.1 Å². The Morgan fingerprint density at radius 1 is 0.920 bits per heavy atom. The topological polar surface area (TPSA) is 27.7 Å². The molecule has 2 atom stereocenters. The van der Waals surface area contributed by atoms with Crippen LogP contribution in [0.1, 0.15) is 38.7 Å². The summed E-state index contributed by atoms with van der Waals surface area (Å²) >= 11 is 1.76. The van der Waals surface area contributed by atoms with Crippen LogP contribution < -0.4 is 9.47 Å². The second kappa shape index (κ2) is 10.4. The third kappa shape index (κ3) is 6.63. The van der Waals surface area contributed by atoms with E-state index in [9.17, 15) is 0 Å². The van der Waals surface area contributed by atoms with Gasteiger partial charge in [-0.3, -0.25) is 0 Å². The summed E-state index contributed by atoms with van der Waals surface area (Å²) in [5, 5.41) is 0. The standard InChI is InChI=1S/C21H28O3S/c1-5-16(2)18-6-8-20(9-7-18)24-17(3)23-14-15-25-21-12-10-19(22-4)11-13-21/h6-13,16-17H,5,14-15H2,1-4H3. The fourth-order valence-electron chi connectivity index (χ4n) is 2.38. The van der Waals surface area contributed by atoms with Crippen molar-refractivity contribution in [3.8, 4) is 11.5 Å². The summed E-state index contributed by atoms with van der Waals surface area (Å²) in [6.45, 7) is 7.01. The number of methoxy groups -OCH3 is 1. The molecule has 0 spiro atoms. The molecule has 0 N–H and O–H groups in total. The van der Waals surface area contributed by atoms with E-state index in [1.54, 1.807) is 18.9 Å². The Morgan fingerprint density at radius 2 is 1.56 bits per heavy atom. The zero-order chi connectivity index (χ0) is 18.1. The largest absolute Gasteiger partial charge is 0.497 e. The van der Waals surface area contributed by atoms with E-state index in [1.807, 2.05) is 31.2 Å². The molecule has 2 aromatic carbocycles. The van der Waals surface area contributed by atoms with Gasteiger partial charge in [-0.15, -0.1) is 11.8 Å². The molecule has 0 aliphatic carbocycles. The molecule has 136 valence electrons. The Bertz CT molecular complexity index is 610. The van der Waals surface area contributed by atoms with Crippen molar-refractivity contribution < 1.29 is 14.2 Å². The van der Waals surface area contributed by atoms with Crippen molar-refractivity contribution in [1.29, 1.82) is 0 Å². The third-order valence-corrected chi connectivity index (χ3v) is 5.10. The molecule has 0 aliphatic rings. The van der Waals surface area contributed by atoms with Gasteiger partial charge >= 0.3 is 0 Å². The Morgan fingerprint density at radius 3 is 2.16 bits per heavy atom. The molecule has 0 aromatic heterocycles. The van der Waals surface area contributed by atoms with Gasteiger partial charge in [-0.2, -0.15) is 0 Å². The van der Waals surface area contributed by atoms with Crippen LogP contribution in [-0.2, 0) is 4.74 Å². The van der Waals surface area contributed by atoms with Gasteiger partial charge in [0.15, 0.2) is 6.29 Å². The van der Waals surface area contributed by atoms with Gasteiger partial charge in [0.1, 0.15) is 11.5 Å². The molecule has 0 heterocycles. The minimum Gasteiger partial charge on any atom is -0.497 e. The van der Waals surface area contributed by atoms with Crippen LogP contribution in [0.15, 0.2) is 53.4 Å². The first-order valence-electron chi connectivity index (χ1n) is 8.77. The predicted octanol–water partition coefficient (Wildman–Crippen LogP) is 5.74. The van der Waals surface area contributed by atoms with Crippen LogP contribution in [0.5, 0.6) is 11.5 Å². The Balaban J connectivity index is 1.68. The van der Waals surface area contributed by atoms with Gasteiger partial charge in [0, 0.05) is 10.6 Å². The second-order valence-electron chi connectivity index (χ2n) is 5.96. The number of rotatable bonds is 10. The maximum Gasteiger partial charge on any atom is 0.197 e. The minimum absolute atomic E-state index is 0.258. The van der Waals surface area contributed by atoms with Crippen molar-refractivity contribution in [2.75, 3.05) is 19.5 Å². The highest BCUT2D eigenvalue weighted by molar-refractivity contribution is 7.99. The SMILES string of the molecule is CCC(C)c1ccc(OC(C)OCCSc2ccc(OC)cc2)cc1. The van der Waals surface area contributed by atoms with E-state index < -0.39 is 0 Å². The van der Waals surface area contributed by atoms with Crippen LogP contribution in [-0.4, -0.2) is 25.8 Å². The van der Waals surface area contributed by atoms with Crippen molar-refractivity contribution in [1.82, 2.24) is 0 Å². The molecule has 2 unspecified atom stereocenters. The first kappa shape index (κ1) is 19.7. The lowest BCUT2D eigenvalue weighted by Gasteiger charge is -2.16. The highest BCUT2D eigenvalue weighted by Crippen LogP contribution is 2.23. The van der Waals surface area contributed by atoms with Crippen molar-refractivity contribution in [3.63, 3.8) is 0 Å². The molecule has 2 aromatic rings. The molecule has 0 fully saturated rings. The number of thioether (sulfide) groups is 1. The Kier molecular flexibility index (Phi) is 8.16. The summed E-state index contributed by atoms with van der Waals surface area (Å²) in [7, 11) is 1.68. The molecule has 25 heavy (non-hydrogen) atoms. The quantitative estimate of drug-likeness (QED) is 0.307. The molecule has 0 bridgehead atoms. The smallest absolute Gasteiger partial charge is 0.197 e. The molecule has 0 radical (unpaired) electrons. The number of hydrogen-bond acceptors (Lipinski definition) is 4. The van der Waals surface area contributed by atoms with E-state index in [0.717, 1.165) is 23.7 Å². The van der Waals surface area contributed by atoms with Crippen molar-refractivity contribution in [2.24, 2.45) is 0 Å². The van der Waals surface area contributed by atoms with E-state index in [2.05, 4.69) is 38.1 Å². The monoisotopic (exact) mass is 360 g/mol. The molecule has 0 aliphatic heterocycles. The summed E-state index contributed by atoms with van der Waals surface area (Å²) < 4.78 is 16.7. The first-order valence-corrected chi connectivity index (χ1v) is 9.76. The van der Waals surface area contributed by atoms with E-state index in [-0.39, 0.29) is 6.29 Å². The summed E-state index contributed by atoms with van der Waals surface area (Å²) in [5.41, 5.74) is 1.35. The lowest BCUT2D eigenvalue weighted by atomic mass is 9.99. The highest BCUT2D eigenvalue weighted by Gasteiger charge is 2.06. The van der Waals surface area contributed by atoms with Crippen LogP contribution in [0.3, 0.4) is 0 Å². The highest BCUT2D eigenvalue weighted by atomic mass is 32.2. The number of benzene rings is 2. The zero-order valence-corrected chi connectivity index (χ0v) is 16.3. The molecule has 0 saturated heterocycles. The van der Waals surface area contributed by atoms with Gasteiger partial charge in [0.25, 0.3) is 0 Å². The van der Waals surface area contributed by atoms with Crippen molar-refractivity contribution in [2.45, 2.75) is 44.3 Å². The average Bonchev–Trinajstić information content (AvgIpc) is 2.65. The number of hydrogen-bond donors (Lipinski definition) is 0. The van der Waals surface area contributed by atoms with Gasteiger partial charge in [-0.1, -0.05) is 26.0 Å². The van der Waals surface area contributed by atoms with Gasteiger partial charge < -0.3 is 14.2 Å². The molecule has 3 nitrogen and oxygen atoms in total. The van der Waals surface area contributed by atoms with Crippen LogP contribution >= 0.6 is 11.8 Å². The van der Waals surface area contributed by atoms with E-state index in [0.29, 0.717) is 12.5 Å². The molecule has 0 amide bonds. The average molecular weight is 361 g/mol. The third-order valence-electron chi connectivity index (χ3n) is 4.13. The first-order chi connectivity index (χ1) is 12.1. The fourth-order valence-corrected chi connectivity index (χ4v) is 3.13. The van der Waals surface area contributed by atoms with Crippen LogP contribution in [0.4, 0.5) is 0 Å². The zero-order valence-electron chi connectivity index (χ0n) is 15.5. The van der Waals surface area contributed by atoms with Gasteiger partial charge in [0.05, 0.1) is 13.7 Å². The van der Waals surface area contributed by atoms with Gasteiger partial charge in [0.2, 0.25) is 0 Å². The summed E-state index contributed by atoms with van der Waals surface area (Å²) in [4.78, 5) is 1.21. The molecular formula is C21H28O3S. The number of ether oxygens (including phenoxy) is 3. The molecule has 0 saturated carbocycles. The summed E-state index contributed by atoms with van der Waals surface area (Å²) in [6, 6.07) is 16.4. The summed E-state index contributed by atoms with van der Waals surface area (Å²) in [6.07, 6.45) is 0.886.